The number of nitrogens with zero attached hydrogens (tertiary/aromatic N) is 1. The van der Waals surface area contributed by atoms with E-state index in [1.54, 1.807) is 0 Å². The van der Waals surface area contributed by atoms with Crippen LogP contribution in [0.2, 0.25) is 0 Å². The highest BCUT2D eigenvalue weighted by molar-refractivity contribution is 5.45. The molecule has 0 saturated heterocycles. The maximum atomic E-state index is 9.94. The van der Waals surface area contributed by atoms with Gasteiger partial charge in [-0.2, -0.15) is 0 Å². The Morgan fingerprint density at radius 1 is 1.28 bits per heavy atom. The van der Waals surface area contributed by atoms with E-state index in [0.717, 1.165) is 43.9 Å². The fourth-order valence-corrected chi connectivity index (χ4v) is 2.34. The second-order valence-electron chi connectivity index (χ2n) is 4.94. The molecule has 2 rings (SSSR count). The van der Waals surface area contributed by atoms with Gasteiger partial charge in [-0.05, 0) is 31.4 Å². The third-order valence-electron chi connectivity index (χ3n) is 3.37. The second-order valence-corrected chi connectivity index (χ2v) is 4.94. The molecule has 0 bridgehead atoms. The highest BCUT2D eigenvalue weighted by Gasteiger charge is 2.22. The van der Waals surface area contributed by atoms with Crippen LogP contribution in [-0.4, -0.2) is 28.8 Å². The molecule has 1 aliphatic rings. The molecule has 0 radical (unpaired) electrons. The summed E-state index contributed by atoms with van der Waals surface area (Å²) in [7, 11) is 0. The monoisotopic (exact) mass is 249 g/mol. The van der Waals surface area contributed by atoms with Crippen molar-refractivity contribution in [1.29, 1.82) is 0 Å². The smallest absolute Gasteiger partial charge is 0.128 e. The zero-order chi connectivity index (χ0) is 12.8. The van der Waals surface area contributed by atoms with E-state index < -0.39 is 0 Å². The van der Waals surface area contributed by atoms with Gasteiger partial charge in [-0.15, -0.1) is 0 Å². The van der Waals surface area contributed by atoms with Crippen molar-refractivity contribution in [3.05, 3.63) is 18.2 Å². The van der Waals surface area contributed by atoms with E-state index in [1.807, 2.05) is 18.2 Å². The molecule has 4 heteroatoms. The Hall–Kier alpha value is -1.29. The Labute approximate surface area is 109 Å². The van der Waals surface area contributed by atoms with E-state index in [9.17, 15) is 5.11 Å². The Kier molecular flexibility index (Phi) is 4.81. The van der Waals surface area contributed by atoms with Crippen LogP contribution in [0.5, 0.6) is 0 Å². The molecular formula is C14H23N3O. The normalized spacial score (nSPS) is 23.7. The van der Waals surface area contributed by atoms with Crippen molar-refractivity contribution < 1.29 is 5.11 Å². The van der Waals surface area contributed by atoms with Gasteiger partial charge < -0.3 is 15.7 Å². The summed E-state index contributed by atoms with van der Waals surface area (Å²) in [5, 5.41) is 16.6. The average Bonchev–Trinajstić information content (AvgIpc) is 2.40. The van der Waals surface area contributed by atoms with Crippen LogP contribution in [0.15, 0.2) is 18.2 Å². The third kappa shape index (κ3) is 3.60. The number of hydrogen-bond acceptors (Lipinski definition) is 4. The first-order valence-electron chi connectivity index (χ1n) is 6.95. The standard InChI is InChI=1S/C14H23N3O/c1-2-10-15-13-8-5-9-14(17-13)16-11-6-3-4-7-12(11)18/h5,8-9,11-12,18H,2-4,6-7,10H2,1H3,(H2,15,16,17). The van der Waals surface area contributed by atoms with Crippen molar-refractivity contribution in [1.82, 2.24) is 4.98 Å². The lowest BCUT2D eigenvalue weighted by molar-refractivity contribution is 0.116. The third-order valence-corrected chi connectivity index (χ3v) is 3.37. The highest BCUT2D eigenvalue weighted by atomic mass is 16.3. The Morgan fingerprint density at radius 2 is 2.06 bits per heavy atom. The molecule has 1 aliphatic carbocycles. The number of rotatable bonds is 5. The van der Waals surface area contributed by atoms with Crippen LogP contribution in [0.3, 0.4) is 0 Å². The van der Waals surface area contributed by atoms with Crippen molar-refractivity contribution in [3.8, 4) is 0 Å². The van der Waals surface area contributed by atoms with E-state index >= 15 is 0 Å². The summed E-state index contributed by atoms with van der Waals surface area (Å²) in [6.07, 6.45) is 5.07. The SMILES string of the molecule is CCCNc1cccc(NC2CCCCC2O)n1. The van der Waals surface area contributed by atoms with Gasteiger partial charge in [0.2, 0.25) is 0 Å². The van der Waals surface area contributed by atoms with Gasteiger partial charge in [0, 0.05) is 6.54 Å². The highest BCUT2D eigenvalue weighted by Crippen LogP contribution is 2.22. The Bertz CT molecular complexity index is 370. The van der Waals surface area contributed by atoms with Gasteiger partial charge in [-0.25, -0.2) is 4.98 Å². The number of anilines is 2. The molecule has 0 aromatic carbocycles. The van der Waals surface area contributed by atoms with Crippen LogP contribution < -0.4 is 10.6 Å². The lowest BCUT2D eigenvalue weighted by Gasteiger charge is -2.28. The van der Waals surface area contributed by atoms with Crippen molar-refractivity contribution in [2.45, 2.75) is 51.2 Å². The molecule has 0 amide bonds. The first-order chi connectivity index (χ1) is 8.79. The summed E-state index contributed by atoms with van der Waals surface area (Å²) >= 11 is 0. The summed E-state index contributed by atoms with van der Waals surface area (Å²) in [5.74, 6) is 1.74. The van der Waals surface area contributed by atoms with Crippen LogP contribution in [-0.2, 0) is 0 Å². The Balaban J connectivity index is 1.95. The first kappa shape index (κ1) is 13.1. The topological polar surface area (TPSA) is 57.2 Å². The van der Waals surface area contributed by atoms with E-state index in [2.05, 4.69) is 22.5 Å². The van der Waals surface area contributed by atoms with Gasteiger partial charge in [-0.3, -0.25) is 0 Å². The Morgan fingerprint density at radius 3 is 2.83 bits per heavy atom. The van der Waals surface area contributed by atoms with Gasteiger partial charge in [0.25, 0.3) is 0 Å². The van der Waals surface area contributed by atoms with Crippen LogP contribution in [0, 0.1) is 0 Å². The van der Waals surface area contributed by atoms with E-state index in [-0.39, 0.29) is 12.1 Å². The molecule has 100 valence electrons. The zero-order valence-corrected chi connectivity index (χ0v) is 11.0. The molecule has 0 aliphatic heterocycles. The van der Waals surface area contributed by atoms with Gasteiger partial charge in [0.15, 0.2) is 0 Å². The minimum Gasteiger partial charge on any atom is -0.391 e. The molecule has 2 unspecified atom stereocenters. The average molecular weight is 249 g/mol. The lowest BCUT2D eigenvalue weighted by Crippen LogP contribution is -2.36. The molecule has 1 aromatic heterocycles. The second kappa shape index (κ2) is 6.59. The van der Waals surface area contributed by atoms with E-state index in [1.165, 1.54) is 6.42 Å². The van der Waals surface area contributed by atoms with Gasteiger partial charge in [-0.1, -0.05) is 25.8 Å². The minimum atomic E-state index is -0.243. The minimum absolute atomic E-state index is 0.146. The summed E-state index contributed by atoms with van der Waals surface area (Å²) in [6.45, 7) is 3.07. The lowest BCUT2D eigenvalue weighted by atomic mass is 9.92. The number of aliphatic hydroxyl groups is 1. The van der Waals surface area contributed by atoms with Crippen molar-refractivity contribution >= 4 is 11.6 Å². The number of aliphatic hydroxyl groups excluding tert-OH is 1. The number of hydrogen-bond donors (Lipinski definition) is 3. The van der Waals surface area contributed by atoms with Gasteiger partial charge in [0.1, 0.15) is 11.6 Å². The first-order valence-corrected chi connectivity index (χ1v) is 6.95. The van der Waals surface area contributed by atoms with Gasteiger partial charge in [0.05, 0.1) is 12.1 Å². The summed E-state index contributed by atoms with van der Waals surface area (Å²) in [6, 6.07) is 6.06. The van der Waals surface area contributed by atoms with Crippen molar-refractivity contribution in [2.24, 2.45) is 0 Å². The molecule has 2 atom stereocenters. The van der Waals surface area contributed by atoms with E-state index in [0.29, 0.717) is 0 Å². The number of pyridine rings is 1. The van der Waals surface area contributed by atoms with Crippen LogP contribution >= 0.6 is 0 Å². The van der Waals surface area contributed by atoms with Crippen molar-refractivity contribution in [3.63, 3.8) is 0 Å². The maximum Gasteiger partial charge on any atom is 0.128 e. The predicted octanol–water partition coefficient (Wildman–Crippen LogP) is 2.62. The largest absolute Gasteiger partial charge is 0.391 e. The molecular weight excluding hydrogens is 226 g/mol. The molecule has 3 N–H and O–H groups in total. The summed E-state index contributed by atoms with van der Waals surface area (Å²) in [5.41, 5.74) is 0. The quantitative estimate of drug-likeness (QED) is 0.751. The summed E-state index contributed by atoms with van der Waals surface area (Å²) < 4.78 is 0. The van der Waals surface area contributed by atoms with Crippen LogP contribution in [0.1, 0.15) is 39.0 Å². The van der Waals surface area contributed by atoms with Gasteiger partial charge >= 0.3 is 0 Å². The molecule has 1 aromatic rings. The number of aromatic nitrogens is 1. The predicted molar refractivity (Wildman–Crippen MR) is 74.9 cm³/mol. The molecule has 1 heterocycles. The fraction of sp³-hybridized carbons (Fsp3) is 0.643. The zero-order valence-electron chi connectivity index (χ0n) is 11.0. The van der Waals surface area contributed by atoms with Crippen molar-refractivity contribution in [2.75, 3.05) is 17.2 Å². The molecule has 1 saturated carbocycles. The maximum absolute atomic E-state index is 9.94. The molecule has 0 spiro atoms. The molecule has 4 nitrogen and oxygen atoms in total. The fourth-order valence-electron chi connectivity index (χ4n) is 2.34. The van der Waals surface area contributed by atoms with Crippen LogP contribution in [0.4, 0.5) is 11.6 Å². The number of nitrogens with one attached hydrogen (secondary N) is 2. The summed E-state index contributed by atoms with van der Waals surface area (Å²) in [4.78, 5) is 4.51. The molecule has 1 fully saturated rings. The molecule has 18 heavy (non-hydrogen) atoms. The van der Waals surface area contributed by atoms with Crippen LogP contribution in [0.25, 0.3) is 0 Å². The van der Waals surface area contributed by atoms with E-state index in [4.69, 9.17) is 0 Å².